The number of amides is 3. The van der Waals surface area contributed by atoms with E-state index in [9.17, 15) is 19.5 Å². The number of carbonyl (C=O) groups excluding carboxylic acids is 3. The first-order valence-electron chi connectivity index (χ1n) is 9.10. The van der Waals surface area contributed by atoms with E-state index >= 15 is 0 Å². The van der Waals surface area contributed by atoms with E-state index < -0.39 is 5.66 Å². The zero-order chi connectivity index (χ0) is 19.9. The van der Waals surface area contributed by atoms with Gasteiger partial charge < -0.3 is 15.3 Å². The van der Waals surface area contributed by atoms with E-state index in [1.165, 1.54) is 12.3 Å². The Bertz CT molecular complexity index is 976. The first-order valence-corrected chi connectivity index (χ1v) is 9.10. The summed E-state index contributed by atoms with van der Waals surface area (Å²) in [6.45, 7) is 2.00. The van der Waals surface area contributed by atoms with Crippen LogP contribution in [0.3, 0.4) is 0 Å². The Morgan fingerprint density at radius 2 is 2.04 bits per heavy atom. The maximum atomic E-state index is 13.1. The molecule has 28 heavy (non-hydrogen) atoms. The molecule has 8 heteroatoms. The molecule has 2 aliphatic rings. The third kappa shape index (κ3) is 2.77. The zero-order valence-corrected chi connectivity index (χ0v) is 15.4. The van der Waals surface area contributed by atoms with E-state index in [2.05, 4.69) is 10.3 Å². The van der Waals surface area contributed by atoms with Crippen LogP contribution < -0.4 is 10.2 Å². The number of hydrogen-bond acceptors (Lipinski definition) is 5. The van der Waals surface area contributed by atoms with Crippen LogP contribution in [0.5, 0.6) is 5.75 Å². The molecule has 2 N–H and O–H groups in total. The minimum absolute atomic E-state index is 0.0154. The molecule has 1 atom stereocenters. The van der Waals surface area contributed by atoms with Crippen LogP contribution in [0.15, 0.2) is 42.6 Å². The predicted octanol–water partition coefficient (Wildman–Crippen LogP) is 2.11. The van der Waals surface area contributed by atoms with Gasteiger partial charge in [0.25, 0.3) is 5.91 Å². The molecule has 2 aromatic rings. The number of aromatic hydroxyl groups is 1. The fourth-order valence-corrected chi connectivity index (χ4v) is 3.94. The van der Waals surface area contributed by atoms with Gasteiger partial charge in [-0.15, -0.1) is 0 Å². The monoisotopic (exact) mass is 380 g/mol. The van der Waals surface area contributed by atoms with Crippen LogP contribution in [0.25, 0.3) is 0 Å². The van der Waals surface area contributed by atoms with Crippen LogP contribution in [0, 0.1) is 0 Å². The smallest absolute Gasteiger partial charge is 0.257 e. The molecule has 1 aromatic carbocycles. The van der Waals surface area contributed by atoms with E-state index in [-0.39, 0.29) is 42.3 Å². The van der Waals surface area contributed by atoms with Crippen molar-refractivity contribution in [3.63, 3.8) is 0 Å². The fraction of sp³-hybridized carbons (Fsp3) is 0.300. The summed E-state index contributed by atoms with van der Waals surface area (Å²) < 4.78 is 0. The predicted molar refractivity (Wildman–Crippen MR) is 102 cm³/mol. The molecule has 1 saturated heterocycles. The summed E-state index contributed by atoms with van der Waals surface area (Å²) in [4.78, 5) is 45.1. The standard InChI is InChI=1S/C20H20N4O4/c1-20-10-8-17(27)24(20)14-6-3-2-5-13(14)19(28)23(20)12-9-16(26)22-18-15(25)7-4-11-21-18/h2-7,11,25H,8-10,12H2,1H3,(H,21,22,26)/t20-/m1/s1. The Morgan fingerprint density at radius 3 is 2.82 bits per heavy atom. The lowest BCUT2D eigenvalue weighted by Crippen LogP contribution is -2.62. The van der Waals surface area contributed by atoms with Gasteiger partial charge in [0.05, 0.1) is 11.3 Å². The second-order valence-corrected chi connectivity index (χ2v) is 7.09. The first kappa shape index (κ1) is 18.0. The summed E-state index contributed by atoms with van der Waals surface area (Å²) in [5.41, 5.74) is 0.283. The van der Waals surface area contributed by atoms with Gasteiger partial charge in [0, 0.05) is 25.6 Å². The van der Waals surface area contributed by atoms with E-state index in [0.29, 0.717) is 24.1 Å². The molecule has 3 heterocycles. The third-order valence-electron chi connectivity index (χ3n) is 5.35. The Hall–Kier alpha value is -3.42. The second-order valence-electron chi connectivity index (χ2n) is 7.09. The van der Waals surface area contributed by atoms with E-state index in [1.807, 2.05) is 6.92 Å². The normalized spacial score (nSPS) is 20.8. The summed E-state index contributed by atoms with van der Waals surface area (Å²) in [7, 11) is 0. The van der Waals surface area contributed by atoms with Crippen LogP contribution in [0.2, 0.25) is 0 Å². The minimum Gasteiger partial charge on any atom is -0.504 e. The molecule has 0 spiro atoms. The molecule has 2 aliphatic heterocycles. The molecule has 0 radical (unpaired) electrons. The molecule has 8 nitrogen and oxygen atoms in total. The lowest BCUT2D eigenvalue weighted by molar-refractivity contribution is -0.117. The number of anilines is 2. The van der Waals surface area contributed by atoms with E-state index in [0.717, 1.165) is 0 Å². The number of hydrogen-bond donors (Lipinski definition) is 2. The van der Waals surface area contributed by atoms with Crippen molar-refractivity contribution >= 4 is 29.2 Å². The molecule has 0 bridgehead atoms. The van der Waals surface area contributed by atoms with Gasteiger partial charge in [-0.3, -0.25) is 19.3 Å². The number of rotatable bonds is 4. The number of pyridine rings is 1. The molecule has 1 aromatic heterocycles. The molecule has 0 saturated carbocycles. The van der Waals surface area contributed by atoms with Crippen molar-refractivity contribution < 1.29 is 19.5 Å². The summed E-state index contributed by atoms with van der Waals surface area (Å²) in [5, 5.41) is 12.3. The summed E-state index contributed by atoms with van der Waals surface area (Å²) in [6, 6.07) is 10.0. The quantitative estimate of drug-likeness (QED) is 0.846. The fourth-order valence-electron chi connectivity index (χ4n) is 3.94. The van der Waals surface area contributed by atoms with Crippen LogP contribution in [-0.2, 0) is 9.59 Å². The largest absolute Gasteiger partial charge is 0.504 e. The lowest BCUT2D eigenvalue weighted by atomic mass is 9.98. The lowest BCUT2D eigenvalue weighted by Gasteiger charge is -2.48. The van der Waals surface area contributed by atoms with Gasteiger partial charge in [-0.2, -0.15) is 0 Å². The summed E-state index contributed by atoms with van der Waals surface area (Å²) >= 11 is 0. The van der Waals surface area contributed by atoms with Gasteiger partial charge >= 0.3 is 0 Å². The minimum atomic E-state index is -0.796. The second kappa shape index (κ2) is 6.63. The van der Waals surface area contributed by atoms with E-state index in [4.69, 9.17) is 0 Å². The molecule has 4 rings (SSSR count). The Balaban J connectivity index is 1.56. The highest BCUT2D eigenvalue weighted by molar-refractivity contribution is 6.10. The maximum absolute atomic E-state index is 13.1. The van der Waals surface area contributed by atoms with Crippen LogP contribution in [-0.4, -0.2) is 44.9 Å². The number of nitrogens with zero attached hydrogens (tertiary/aromatic N) is 3. The van der Waals surface area contributed by atoms with Gasteiger partial charge in [-0.25, -0.2) is 4.98 Å². The third-order valence-corrected chi connectivity index (χ3v) is 5.35. The van der Waals surface area contributed by atoms with Gasteiger partial charge in [-0.1, -0.05) is 12.1 Å². The molecular weight excluding hydrogens is 360 g/mol. The number of carbonyl (C=O) groups is 3. The van der Waals surface area contributed by atoms with Crippen molar-refractivity contribution in [1.82, 2.24) is 9.88 Å². The highest BCUT2D eigenvalue weighted by Crippen LogP contribution is 2.43. The van der Waals surface area contributed by atoms with Gasteiger partial charge in [0.2, 0.25) is 11.8 Å². The maximum Gasteiger partial charge on any atom is 0.257 e. The highest BCUT2D eigenvalue weighted by atomic mass is 16.3. The highest BCUT2D eigenvalue weighted by Gasteiger charge is 2.52. The molecule has 144 valence electrons. The summed E-state index contributed by atoms with van der Waals surface area (Å²) in [5.74, 6) is -0.655. The van der Waals surface area contributed by atoms with E-state index in [1.54, 1.807) is 40.1 Å². The zero-order valence-electron chi connectivity index (χ0n) is 15.4. The molecule has 1 fully saturated rings. The molecule has 3 amide bonds. The molecule has 0 unspecified atom stereocenters. The first-order chi connectivity index (χ1) is 13.4. The molecular formula is C20H20N4O4. The average molecular weight is 380 g/mol. The number of benzene rings is 1. The van der Waals surface area contributed by atoms with Gasteiger partial charge in [0.1, 0.15) is 5.66 Å². The Morgan fingerprint density at radius 1 is 1.25 bits per heavy atom. The van der Waals surface area contributed by atoms with Crippen molar-refractivity contribution in [3.05, 3.63) is 48.2 Å². The van der Waals surface area contributed by atoms with Crippen LogP contribution >= 0.6 is 0 Å². The Labute approximate surface area is 161 Å². The average Bonchev–Trinajstić information content (AvgIpc) is 2.99. The number of fused-ring (bicyclic) bond motifs is 3. The van der Waals surface area contributed by atoms with Gasteiger partial charge in [0.15, 0.2) is 11.6 Å². The van der Waals surface area contributed by atoms with Crippen LogP contribution in [0.4, 0.5) is 11.5 Å². The molecule has 0 aliphatic carbocycles. The number of aromatic nitrogens is 1. The van der Waals surface area contributed by atoms with Crippen LogP contribution in [0.1, 0.15) is 36.5 Å². The number of para-hydroxylation sites is 1. The van der Waals surface area contributed by atoms with Gasteiger partial charge in [-0.05, 0) is 37.6 Å². The SMILES string of the molecule is C[C@]12CCC(=O)N1c1ccccc1C(=O)N2CCC(=O)Nc1ncccc1O. The van der Waals surface area contributed by atoms with Crippen molar-refractivity contribution in [2.24, 2.45) is 0 Å². The topological polar surface area (TPSA) is 103 Å². The van der Waals surface area contributed by atoms with Crippen molar-refractivity contribution in [1.29, 1.82) is 0 Å². The van der Waals surface area contributed by atoms with Crippen molar-refractivity contribution in [2.45, 2.75) is 31.8 Å². The Kier molecular flexibility index (Phi) is 4.26. The van der Waals surface area contributed by atoms with Crippen molar-refractivity contribution in [3.8, 4) is 5.75 Å². The van der Waals surface area contributed by atoms with Crippen molar-refractivity contribution in [2.75, 3.05) is 16.8 Å². The number of nitrogens with one attached hydrogen (secondary N) is 1. The summed E-state index contributed by atoms with van der Waals surface area (Å²) in [6.07, 6.45) is 2.34.